The Hall–Kier alpha value is -1.73. The smallest absolute Gasteiger partial charge is 0.0670 e. The molecule has 0 aliphatic carbocycles. The summed E-state index contributed by atoms with van der Waals surface area (Å²) in [6.45, 7) is 5.20. The predicted molar refractivity (Wildman–Crippen MR) is 74.4 cm³/mol. The highest BCUT2D eigenvalue weighted by atomic mass is 16.3. The number of nitrogens with two attached hydrogens (primary N) is 1. The van der Waals surface area contributed by atoms with Gasteiger partial charge in [0.05, 0.1) is 12.5 Å². The summed E-state index contributed by atoms with van der Waals surface area (Å²) in [5.74, 6) is 0. The molecule has 3 N–H and O–H groups in total. The summed E-state index contributed by atoms with van der Waals surface area (Å²) in [7, 11) is 0. The van der Waals surface area contributed by atoms with Crippen LogP contribution in [0.2, 0.25) is 0 Å². The van der Waals surface area contributed by atoms with Gasteiger partial charge in [0.1, 0.15) is 0 Å². The Labute approximate surface area is 109 Å². The fraction of sp³-hybridized carbons (Fsp3) is 0.500. The lowest BCUT2D eigenvalue weighted by atomic mass is 10.1. The van der Waals surface area contributed by atoms with Gasteiger partial charge in [0.15, 0.2) is 0 Å². The van der Waals surface area contributed by atoms with E-state index in [1.807, 2.05) is 18.2 Å². The largest absolute Gasteiger partial charge is 0.398 e. The minimum absolute atomic E-state index is 0.184. The molecule has 0 bridgehead atoms. The van der Waals surface area contributed by atoms with Crippen molar-refractivity contribution in [2.24, 2.45) is 0 Å². The number of nitrogen functional groups attached to an aromatic ring is 1. The standard InChI is InChI=1S/C14H21N3O/c1-11(2)17(8-3-9-18)13-4-5-14(16)12(10-13)6-7-15/h4-5,10-11,18H,3,6,8-9,16H2,1-2H3. The number of aliphatic hydroxyl groups is 1. The van der Waals surface area contributed by atoms with E-state index in [0.717, 1.165) is 24.2 Å². The molecule has 0 aromatic heterocycles. The quantitative estimate of drug-likeness (QED) is 0.753. The minimum atomic E-state index is 0.184. The maximum Gasteiger partial charge on any atom is 0.0670 e. The third-order valence-electron chi connectivity index (χ3n) is 2.91. The molecular formula is C14H21N3O. The zero-order chi connectivity index (χ0) is 13.5. The number of benzene rings is 1. The van der Waals surface area contributed by atoms with Crippen molar-refractivity contribution in [3.8, 4) is 6.07 Å². The van der Waals surface area contributed by atoms with E-state index in [9.17, 15) is 0 Å². The lowest BCUT2D eigenvalue weighted by Crippen LogP contribution is -2.32. The molecule has 98 valence electrons. The van der Waals surface area contributed by atoms with Crippen LogP contribution >= 0.6 is 0 Å². The molecule has 0 aliphatic rings. The van der Waals surface area contributed by atoms with Crippen molar-refractivity contribution in [3.05, 3.63) is 23.8 Å². The second-order valence-corrected chi connectivity index (χ2v) is 4.58. The Morgan fingerprint density at radius 1 is 1.44 bits per heavy atom. The molecule has 4 heteroatoms. The van der Waals surface area contributed by atoms with Crippen molar-refractivity contribution in [2.75, 3.05) is 23.8 Å². The number of aliphatic hydroxyl groups excluding tert-OH is 1. The van der Waals surface area contributed by atoms with Gasteiger partial charge in [-0.3, -0.25) is 0 Å². The molecule has 18 heavy (non-hydrogen) atoms. The number of nitrogens with zero attached hydrogens (tertiary/aromatic N) is 2. The van der Waals surface area contributed by atoms with Crippen molar-refractivity contribution in [1.29, 1.82) is 5.26 Å². The molecule has 0 atom stereocenters. The molecular weight excluding hydrogens is 226 g/mol. The minimum Gasteiger partial charge on any atom is -0.398 e. The molecule has 0 saturated carbocycles. The van der Waals surface area contributed by atoms with E-state index in [0.29, 0.717) is 18.2 Å². The van der Waals surface area contributed by atoms with Crippen LogP contribution in [-0.4, -0.2) is 24.3 Å². The first kappa shape index (κ1) is 14.3. The van der Waals surface area contributed by atoms with Gasteiger partial charge < -0.3 is 15.7 Å². The summed E-state index contributed by atoms with van der Waals surface area (Å²) >= 11 is 0. The van der Waals surface area contributed by atoms with Crippen LogP contribution in [-0.2, 0) is 6.42 Å². The Morgan fingerprint density at radius 3 is 2.72 bits per heavy atom. The molecule has 4 nitrogen and oxygen atoms in total. The third-order valence-corrected chi connectivity index (χ3v) is 2.91. The van der Waals surface area contributed by atoms with Crippen molar-refractivity contribution in [1.82, 2.24) is 0 Å². The average Bonchev–Trinajstić information content (AvgIpc) is 2.33. The van der Waals surface area contributed by atoms with E-state index < -0.39 is 0 Å². The number of anilines is 2. The lowest BCUT2D eigenvalue weighted by Gasteiger charge is -2.29. The van der Waals surface area contributed by atoms with E-state index in [4.69, 9.17) is 16.1 Å². The maximum absolute atomic E-state index is 8.94. The van der Waals surface area contributed by atoms with Crippen LogP contribution < -0.4 is 10.6 Å². The summed E-state index contributed by atoms with van der Waals surface area (Å²) in [6.07, 6.45) is 1.06. The Balaban J connectivity index is 2.98. The molecule has 0 spiro atoms. The summed E-state index contributed by atoms with van der Waals surface area (Å²) in [4.78, 5) is 2.20. The van der Waals surface area contributed by atoms with Crippen molar-refractivity contribution >= 4 is 11.4 Å². The SMILES string of the molecule is CC(C)N(CCCO)c1ccc(N)c(CC#N)c1. The first-order valence-corrected chi connectivity index (χ1v) is 6.23. The van der Waals surface area contributed by atoms with Crippen LogP contribution in [0.3, 0.4) is 0 Å². The van der Waals surface area contributed by atoms with Crippen molar-refractivity contribution < 1.29 is 5.11 Å². The van der Waals surface area contributed by atoms with E-state index in [1.165, 1.54) is 0 Å². The first-order chi connectivity index (χ1) is 8.60. The van der Waals surface area contributed by atoms with Gasteiger partial charge >= 0.3 is 0 Å². The number of hydrogen-bond acceptors (Lipinski definition) is 4. The van der Waals surface area contributed by atoms with Gasteiger partial charge in [-0.25, -0.2) is 0 Å². The molecule has 0 radical (unpaired) electrons. The lowest BCUT2D eigenvalue weighted by molar-refractivity contribution is 0.288. The van der Waals surface area contributed by atoms with Crippen LogP contribution in [0.4, 0.5) is 11.4 Å². The maximum atomic E-state index is 8.94. The second-order valence-electron chi connectivity index (χ2n) is 4.58. The average molecular weight is 247 g/mol. The summed E-state index contributed by atoms with van der Waals surface area (Å²) < 4.78 is 0. The predicted octanol–water partition coefficient (Wildman–Crippen LogP) is 1.93. The van der Waals surface area contributed by atoms with E-state index in [2.05, 4.69) is 24.8 Å². The van der Waals surface area contributed by atoms with E-state index >= 15 is 0 Å². The highest BCUT2D eigenvalue weighted by molar-refractivity contribution is 5.59. The first-order valence-electron chi connectivity index (χ1n) is 6.23. The van der Waals surface area contributed by atoms with Crippen molar-refractivity contribution in [2.45, 2.75) is 32.7 Å². The van der Waals surface area contributed by atoms with Gasteiger partial charge in [0, 0.05) is 30.6 Å². The van der Waals surface area contributed by atoms with Crippen LogP contribution in [0.5, 0.6) is 0 Å². The van der Waals surface area contributed by atoms with E-state index in [-0.39, 0.29) is 6.61 Å². The van der Waals surface area contributed by atoms with E-state index in [1.54, 1.807) is 0 Å². The van der Waals surface area contributed by atoms with Gasteiger partial charge in [0.2, 0.25) is 0 Å². The van der Waals surface area contributed by atoms with Crippen LogP contribution in [0.1, 0.15) is 25.8 Å². The van der Waals surface area contributed by atoms with Gasteiger partial charge in [-0.1, -0.05) is 0 Å². The zero-order valence-corrected chi connectivity index (χ0v) is 11.1. The van der Waals surface area contributed by atoms with Crippen molar-refractivity contribution in [3.63, 3.8) is 0 Å². The Morgan fingerprint density at radius 2 is 2.17 bits per heavy atom. The summed E-state index contributed by atoms with van der Waals surface area (Å²) in [6, 6.07) is 8.25. The fourth-order valence-electron chi connectivity index (χ4n) is 1.94. The number of hydrogen-bond donors (Lipinski definition) is 2. The van der Waals surface area contributed by atoms with Crippen LogP contribution in [0, 0.1) is 11.3 Å². The van der Waals surface area contributed by atoms with Crippen LogP contribution in [0.25, 0.3) is 0 Å². The number of rotatable bonds is 6. The molecule has 0 heterocycles. The normalized spacial score (nSPS) is 10.4. The highest BCUT2D eigenvalue weighted by Gasteiger charge is 2.11. The molecule has 0 amide bonds. The van der Waals surface area contributed by atoms with Crippen LogP contribution in [0.15, 0.2) is 18.2 Å². The fourth-order valence-corrected chi connectivity index (χ4v) is 1.94. The van der Waals surface area contributed by atoms with Gasteiger partial charge in [-0.15, -0.1) is 0 Å². The molecule has 1 aromatic rings. The topological polar surface area (TPSA) is 73.3 Å². The zero-order valence-electron chi connectivity index (χ0n) is 11.1. The monoisotopic (exact) mass is 247 g/mol. The summed E-state index contributed by atoms with van der Waals surface area (Å²) in [5.41, 5.74) is 8.42. The Bertz CT molecular complexity index is 424. The molecule has 0 unspecified atom stereocenters. The van der Waals surface area contributed by atoms with Gasteiger partial charge in [0.25, 0.3) is 0 Å². The summed E-state index contributed by atoms with van der Waals surface area (Å²) in [5, 5.41) is 17.7. The molecule has 1 rings (SSSR count). The van der Waals surface area contributed by atoms with Gasteiger partial charge in [-0.2, -0.15) is 5.26 Å². The molecule has 0 fully saturated rings. The molecule has 0 aliphatic heterocycles. The molecule has 0 saturated heterocycles. The second kappa shape index (κ2) is 6.87. The van der Waals surface area contributed by atoms with Gasteiger partial charge in [-0.05, 0) is 44.0 Å². The number of nitriles is 1. The Kier molecular flexibility index (Phi) is 5.47. The molecule has 1 aromatic carbocycles. The third kappa shape index (κ3) is 3.64. The highest BCUT2D eigenvalue weighted by Crippen LogP contribution is 2.23.